The molecule has 0 saturated carbocycles. The van der Waals surface area contributed by atoms with E-state index in [0.29, 0.717) is 36.8 Å². The van der Waals surface area contributed by atoms with Crippen LogP contribution in [0.3, 0.4) is 0 Å². The molecule has 640 valence electrons. The van der Waals surface area contributed by atoms with Crippen LogP contribution in [0.4, 0.5) is 0 Å². The summed E-state index contributed by atoms with van der Waals surface area (Å²) in [5.41, 5.74) is 19.8. The Labute approximate surface area is 677 Å². The number of aromatic hydroxyl groups is 6. The monoisotopic (exact) mass is 1620 g/mol. The molecule has 0 aliphatic rings. The molecule has 0 heterocycles. The number of benzene rings is 4. The van der Waals surface area contributed by atoms with E-state index in [1.54, 1.807) is 13.8 Å². The molecule has 0 unspecified atom stereocenters. The van der Waals surface area contributed by atoms with Crippen LogP contribution in [0.5, 0.6) is 34.5 Å². The number of ketones is 4. The molecule has 4 rings (SSSR count). The van der Waals surface area contributed by atoms with Crippen LogP contribution >= 0.6 is 0 Å². The summed E-state index contributed by atoms with van der Waals surface area (Å²) in [6, 6.07) is 4.69. The van der Waals surface area contributed by atoms with Crippen molar-refractivity contribution in [2.24, 2.45) is 34.8 Å². The first-order valence-corrected chi connectivity index (χ1v) is 39.8. The Morgan fingerprint density at radius 1 is 0.345 bits per heavy atom. The largest absolute Gasteiger partial charge is 0.507 e. The van der Waals surface area contributed by atoms with Crippen LogP contribution in [0, 0.1) is 25.7 Å². The second kappa shape index (κ2) is 51.0. The lowest BCUT2D eigenvalue weighted by Crippen LogP contribution is -2.56. The lowest BCUT2D eigenvalue weighted by Gasteiger charge is -2.26. The maximum Gasteiger partial charge on any atom is 0.243 e. The number of hydrogen-bond acceptors (Lipinski definition) is 22. The van der Waals surface area contributed by atoms with E-state index in [1.165, 1.54) is 49.2 Å². The molecule has 0 spiro atoms. The molecule has 8 atom stereocenters. The van der Waals surface area contributed by atoms with E-state index in [9.17, 15) is 108 Å². The van der Waals surface area contributed by atoms with E-state index >= 15 is 0 Å². The summed E-state index contributed by atoms with van der Waals surface area (Å²) in [5, 5.41) is 99.1. The molecule has 4 aromatic carbocycles. The molecule has 0 aliphatic carbocycles. The fourth-order valence-electron chi connectivity index (χ4n) is 13.3. The normalized spacial score (nSPS) is 13.2. The highest BCUT2D eigenvalue weighted by molar-refractivity contribution is 6.20. The molecule has 0 radical (unpaired) electrons. The van der Waals surface area contributed by atoms with Crippen LogP contribution < -0.4 is 54.8 Å². The lowest BCUT2D eigenvalue weighted by molar-refractivity contribution is -0.134. The number of carbonyl (C=O) groups is 14. The minimum absolute atomic E-state index is 0.0988. The van der Waals surface area contributed by atoms with Crippen molar-refractivity contribution in [3.63, 3.8) is 0 Å². The summed E-state index contributed by atoms with van der Waals surface area (Å²) in [6.07, 6.45) is 9.51. The summed E-state index contributed by atoms with van der Waals surface area (Å²) in [4.78, 5) is 183. The third-order valence-electron chi connectivity index (χ3n) is 19.0. The zero-order chi connectivity index (χ0) is 87.1. The van der Waals surface area contributed by atoms with Crippen molar-refractivity contribution < 1.29 is 108 Å². The van der Waals surface area contributed by atoms with Gasteiger partial charge in [0.2, 0.25) is 70.6 Å². The second-order valence-corrected chi connectivity index (χ2v) is 30.6. The first kappa shape index (κ1) is 99.2. The van der Waals surface area contributed by atoms with E-state index in [4.69, 9.17) is 22.9 Å². The van der Waals surface area contributed by atoms with Gasteiger partial charge in [-0.1, -0.05) is 144 Å². The fourth-order valence-corrected chi connectivity index (χ4v) is 13.3. The van der Waals surface area contributed by atoms with E-state index in [2.05, 4.69) is 45.7 Å². The van der Waals surface area contributed by atoms with Gasteiger partial charge in [0.25, 0.3) is 0 Å². The Balaban J connectivity index is 0.000000600. The summed E-state index contributed by atoms with van der Waals surface area (Å²) < 4.78 is 0. The van der Waals surface area contributed by atoms with Crippen molar-refractivity contribution in [1.29, 1.82) is 0 Å². The Morgan fingerprint density at radius 3 is 0.940 bits per heavy atom. The number of carbonyl (C=O) groups excluding carboxylic acids is 14. The topological polar surface area (TPSA) is 577 Å². The van der Waals surface area contributed by atoms with Crippen molar-refractivity contribution in [1.82, 2.24) is 31.9 Å². The van der Waals surface area contributed by atoms with Crippen LogP contribution in [-0.4, -0.2) is 172 Å². The Kier molecular flexibility index (Phi) is 43.6. The van der Waals surface area contributed by atoms with E-state index < -0.39 is 213 Å². The summed E-state index contributed by atoms with van der Waals surface area (Å²) in [5.74, 6) is -15.5. The maximum absolute atomic E-state index is 13.9. The molecule has 116 heavy (non-hydrogen) atoms. The molecule has 0 bridgehead atoms. The number of hydrogen-bond donors (Lipinski definition) is 18. The van der Waals surface area contributed by atoms with Crippen molar-refractivity contribution >= 4 is 82.2 Å². The molecule has 0 aromatic heterocycles. The molecule has 0 aliphatic heterocycles. The number of Topliss-reactive ketones (excluding diaryl/α,β-unsaturated/α-hetero) is 2. The van der Waals surface area contributed by atoms with Gasteiger partial charge in [0.05, 0.1) is 49.0 Å². The third-order valence-corrected chi connectivity index (χ3v) is 19.0. The van der Waals surface area contributed by atoms with Crippen molar-refractivity contribution in [3.05, 3.63) is 105 Å². The van der Waals surface area contributed by atoms with Gasteiger partial charge in [-0.2, -0.15) is 0 Å². The molecular weight excluding hydrogens is 1500 g/mol. The smallest absolute Gasteiger partial charge is 0.243 e. The van der Waals surface area contributed by atoms with Crippen LogP contribution in [-0.2, 0) is 47.9 Å². The van der Waals surface area contributed by atoms with Gasteiger partial charge in [-0.15, -0.1) is 0 Å². The highest BCUT2D eigenvalue weighted by Gasteiger charge is 2.36. The zero-order valence-corrected chi connectivity index (χ0v) is 67.9. The number of unbranched alkanes of at least 4 members (excludes halogenated alkanes) is 12. The van der Waals surface area contributed by atoms with Crippen LogP contribution in [0.2, 0.25) is 0 Å². The van der Waals surface area contributed by atoms with Gasteiger partial charge in [0.1, 0.15) is 69.8 Å². The van der Waals surface area contributed by atoms with Crippen LogP contribution in [0.25, 0.3) is 0 Å². The zero-order valence-electron chi connectivity index (χ0n) is 67.9. The predicted octanol–water partition coefficient (Wildman–Crippen LogP) is 6.90. The lowest BCUT2D eigenvalue weighted by atomic mass is 9.89. The van der Waals surface area contributed by atoms with Crippen LogP contribution in [0.1, 0.15) is 285 Å². The number of primary amides is 4. The summed E-state index contributed by atoms with van der Waals surface area (Å²) in [6.45, 7) is 14.7. The quantitative estimate of drug-likeness (QED) is 0.0158. The average Bonchev–Trinajstić information content (AvgIpc) is 0.786. The Morgan fingerprint density at radius 2 is 0.647 bits per heavy atom. The number of rotatable bonds is 54. The minimum Gasteiger partial charge on any atom is -0.507 e. The SMILES string of the molecule is CCCCCCCCC[C@@H](O)CC(=O)N[C@@H](CC(N)=O)C(=O)N[C@@H](CCC(N)=O)C(=O)N[C@@H](CC(=O)c1cc(C)cc(O)c1C(=O)c1c(O)cccc1O)CC(C)C.CCCCCCCCC[C@@H](O)CC(=O)N[C@@H](CC(N)=O)C(=O)N[C@@H](CCC(N)=O)C(=O)N[C@H](CC(=O)c1cc(C)cc(O)c1C(=O)c1c(O)cccc1O)CC(C)C. The standard InChI is InChI=1S/2C42H61N5O11/c2*1-5-6-7-8-9-10-11-13-27(48)22-37(55)46-30(23-36(44)54)42(58)47-29(16-17-35(43)53)41(57)45-26(18-24(2)3)21-33(51)28-19-25(4)20-34(52)38(28)40(56)39-31(49)14-12-15-32(39)50/h2*12,14-15,19-20,24,26-27,29-30,48-50,52H,5-11,13,16-18,21-23H2,1-4H3,(H2,43,53)(H2,44,54)(H,45,57)(H,46,55)(H,47,58)/t26-,27+,29-,30-;26-,27-,29+,30+/m01/s1. The Bertz CT molecular complexity index is 3740. The third kappa shape index (κ3) is 35.8. The summed E-state index contributed by atoms with van der Waals surface area (Å²) >= 11 is 0. The highest BCUT2D eigenvalue weighted by atomic mass is 16.3. The van der Waals surface area contributed by atoms with E-state index in [0.717, 1.165) is 88.5 Å². The number of phenols is 6. The number of aliphatic hydroxyl groups is 2. The molecular formula is C84H122N10O22. The highest BCUT2D eigenvalue weighted by Crippen LogP contribution is 2.37. The number of aryl methyl sites for hydroxylation is 2. The van der Waals surface area contributed by atoms with Gasteiger partial charge in [-0.05, 0) is 124 Å². The second-order valence-electron chi connectivity index (χ2n) is 30.6. The number of amides is 10. The van der Waals surface area contributed by atoms with E-state index in [1.807, 2.05) is 27.7 Å². The molecule has 32 heteroatoms. The number of phenolic OH excluding ortho intramolecular Hbond substituents is 6. The van der Waals surface area contributed by atoms with Gasteiger partial charge in [-0.3, -0.25) is 67.1 Å². The molecule has 0 saturated heterocycles. The molecule has 22 N–H and O–H groups in total. The van der Waals surface area contributed by atoms with Gasteiger partial charge in [0.15, 0.2) is 11.6 Å². The van der Waals surface area contributed by atoms with Crippen molar-refractivity contribution in [2.75, 3.05) is 0 Å². The Hall–Kier alpha value is -11.0. The van der Waals surface area contributed by atoms with Gasteiger partial charge < -0.3 is 95.7 Å². The van der Waals surface area contributed by atoms with Crippen molar-refractivity contribution in [2.45, 2.75) is 284 Å². The van der Waals surface area contributed by atoms with Crippen molar-refractivity contribution in [3.8, 4) is 34.5 Å². The fraction of sp³-hybridized carbons (Fsp3) is 0.548. The number of nitrogens with two attached hydrogens (primary N) is 4. The molecule has 4 aromatic rings. The van der Waals surface area contributed by atoms with E-state index in [-0.39, 0.29) is 74.3 Å². The predicted molar refractivity (Wildman–Crippen MR) is 431 cm³/mol. The maximum atomic E-state index is 13.9. The van der Waals surface area contributed by atoms with Gasteiger partial charge in [-0.25, -0.2) is 0 Å². The first-order valence-electron chi connectivity index (χ1n) is 39.8. The average molecular weight is 1620 g/mol. The van der Waals surface area contributed by atoms with Gasteiger partial charge >= 0.3 is 0 Å². The molecule has 32 nitrogen and oxygen atoms in total. The van der Waals surface area contributed by atoms with Crippen LogP contribution in [0.15, 0.2) is 60.7 Å². The van der Waals surface area contributed by atoms with Gasteiger partial charge in [0, 0.05) is 48.9 Å². The number of aliphatic hydroxyl groups excluding tert-OH is 2. The number of nitrogens with one attached hydrogen (secondary N) is 6. The molecule has 10 amide bonds. The molecule has 0 fully saturated rings. The summed E-state index contributed by atoms with van der Waals surface area (Å²) in [7, 11) is 0. The first-order chi connectivity index (χ1) is 54.7. The minimum atomic E-state index is -1.53.